The van der Waals surface area contributed by atoms with Gasteiger partial charge < -0.3 is 5.73 Å². The van der Waals surface area contributed by atoms with Crippen LogP contribution in [-0.4, -0.2) is 13.4 Å². The average Bonchev–Trinajstić information content (AvgIpc) is 2.31. The van der Waals surface area contributed by atoms with E-state index in [2.05, 4.69) is 9.71 Å². The predicted octanol–water partition coefficient (Wildman–Crippen LogP) is 2.43. The minimum atomic E-state index is -3.83. The van der Waals surface area contributed by atoms with Crippen molar-refractivity contribution in [3.63, 3.8) is 0 Å². The van der Waals surface area contributed by atoms with Crippen LogP contribution >= 0.6 is 11.6 Å². The van der Waals surface area contributed by atoms with Crippen molar-refractivity contribution in [1.29, 1.82) is 0 Å². The normalized spacial score (nSPS) is 11.3. The second kappa shape index (κ2) is 5.07. The number of aryl methyl sites for hydroxylation is 1. The lowest BCUT2D eigenvalue weighted by Crippen LogP contribution is -2.15. The van der Waals surface area contributed by atoms with Gasteiger partial charge in [-0.25, -0.2) is 8.42 Å². The van der Waals surface area contributed by atoms with E-state index in [-0.39, 0.29) is 15.6 Å². The number of halogens is 1. The quantitative estimate of drug-likeness (QED) is 0.852. The van der Waals surface area contributed by atoms with E-state index in [4.69, 9.17) is 17.3 Å². The highest BCUT2D eigenvalue weighted by Gasteiger charge is 2.21. The molecule has 1 aromatic heterocycles. The number of hydrogen-bond acceptors (Lipinski definition) is 4. The fourth-order valence-electron chi connectivity index (χ4n) is 1.54. The third kappa shape index (κ3) is 2.97. The first-order valence-corrected chi connectivity index (χ1v) is 7.26. The standard InChI is InChI=1S/C12H12ClN3O2S/c1-8-5-6-9(7-15-8)16-19(17,18)12-10(13)3-2-4-11(12)14/h2-7,16H,14H2,1H3. The number of nitrogens with zero attached hydrogens (tertiary/aromatic N) is 1. The molecular weight excluding hydrogens is 286 g/mol. The van der Waals surface area contributed by atoms with Crippen molar-refractivity contribution < 1.29 is 8.42 Å². The average molecular weight is 298 g/mol. The Morgan fingerprint density at radius 2 is 2.00 bits per heavy atom. The lowest BCUT2D eigenvalue weighted by Gasteiger charge is -2.11. The monoisotopic (exact) mass is 297 g/mol. The van der Waals surface area contributed by atoms with Gasteiger partial charge in [-0.2, -0.15) is 0 Å². The molecule has 0 saturated carbocycles. The van der Waals surface area contributed by atoms with Gasteiger partial charge in [0.15, 0.2) is 0 Å². The highest BCUT2D eigenvalue weighted by Crippen LogP contribution is 2.28. The molecule has 3 N–H and O–H groups in total. The summed E-state index contributed by atoms with van der Waals surface area (Å²) in [5, 5.41) is 0.0765. The maximum atomic E-state index is 12.2. The van der Waals surface area contributed by atoms with Crippen molar-refractivity contribution >= 4 is 33.0 Å². The van der Waals surface area contributed by atoms with E-state index in [1.807, 2.05) is 6.92 Å². The van der Waals surface area contributed by atoms with E-state index >= 15 is 0 Å². The number of aromatic nitrogens is 1. The molecule has 1 aromatic carbocycles. The van der Waals surface area contributed by atoms with Crippen LogP contribution in [0.5, 0.6) is 0 Å². The molecule has 19 heavy (non-hydrogen) atoms. The number of hydrogen-bond donors (Lipinski definition) is 2. The zero-order valence-corrected chi connectivity index (χ0v) is 11.7. The third-order valence-corrected chi connectivity index (χ3v) is 4.35. The summed E-state index contributed by atoms with van der Waals surface area (Å²) in [6, 6.07) is 7.86. The number of nitrogen functional groups attached to an aromatic ring is 1. The fourth-order valence-corrected chi connectivity index (χ4v) is 3.27. The Hall–Kier alpha value is -1.79. The zero-order valence-electron chi connectivity index (χ0n) is 10.1. The Bertz CT molecular complexity index is 679. The van der Waals surface area contributed by atoms with Crippen molar-refractivity contribution in [2.75, 3.05) is 10.5 Å². The van der Waals surface area contributed by atoms with Crippen molar-refractivity contribution in [2.24, 2.45) is 0 Å². The van der Waals surface area contributed by atoms with Crippen LogP contribution in [0.25, 0.3) is 0 Å². The molecule has 0 spiro atoms. The predicted molar refractivity (Wildman–Crippen MR) is 75.6 cm³/mol. The SMILES string of the molecule is Cc1ccc(NS(=O)(=O)c2c(N)cccc2Cl)cn1. The Kier molecular flexibility index (Phi) is 3.64. The Balaban J connectivity index is 2.41. The Morgan fingerprint density at radius 3 is 2.58 bits per heavy atom. The molecule has 5 nitrogen and oxygen atoms in total. The summed E-state index contributed by atoms with van der Waals surface area (Å²) in [5.74, 6) is 0. The molecule has 0 fully saturated rings. The first-order valence-electron chi connectivity index (χ1n) is 5.39. The van der Waals surface area contributed by atoms with Crippen LogP contribution in [0.2, 0.25) is 5.02 Å². The van der Waals surface area contributed by atoms with Crippen LogP contribution in [0.3, 0.4) is 0 Å². The molecular formula is C12H12ClN3O2S. The largest absolute Gasteiger partial charge is 0.398 e. The third-order valence-electron chi connectivity index (χ3n) is 2.43. The molecule has 2 rings (SSSR count). The first-order chi connectivity index (χ1) is 8.90. The van der Waals surface area contributed by atoms with Crippen LogP contribution < -0.4 is 10.5 Å². The van der Waals surface area contributed by atoms with Crippen molar-refractivity contribution in [2.45, 2.75) is 11.8 Å². The minimum absolute atomic E-state index is 0.0765. The van der Waals surface area contributed by atoms with Crippen LogP contribution in [0.4, 0.5) is 11.4 Å². The van der Waals surface area contributed by atoms with Gasteiger partial charge in [-0.05, 0) is 31.2 Å². The topological polar surface area (TPSA) is 85.1 Å². The molecule has 0 atom stereocenters. The van der Waals surface area contributed by atoms with Crippen LogP contribution in [0.1, 0.15) is 5.69 Å². The first kappa shape index (κ1) is 13.6. The summed E-state index contributed by atoms with van der Waals surface area (Å²) in [6.45, 7) is 1.81. The lowest BCUT2D eigenvalue weighted by molar-refractivity contribution is 0.601. The second-order valence-corrected chi connectivity index (χ2v) is 5.98. The number of rotatable bonds is 3. The molecule has 0 bridgehead atoms. The maximum Gasteiger partial charge on any atom is 0.265 e. The smallest absolute Gasteiger partial charge is 0.265 e. The Morgan fingerprint density at radius 1 is 1.26 bits per heavy atom. The van der Waals surface area contributed by atoms with Gasteiger partial charge in [-0.15, -0.1) is 0 Å². The van der Waals surface area contributed by atoms with Crippen LogP contribution in [-0.2, 0) is 10.0 Å². The lowest BCUT2D eigenvalue weighted by atomic mass is 10.3. The van der Waals surface area contributed by atoms with Gasteiger partial charge in [0.2, 0.25) is 0 Å². The number of anilines is 2. The summed E-state index contributed by atoms with van der Waals surface area (Å²) in [7, 11) is -3.83. The molecule has 0 saturated heterocycles. The van der Waals surface area contributed by atoms with E-state index in [1.165, 1.54) is 18.3 Å². The van der Waals surface area contributed by atoms with E-state index in [9.17, 15) is 8.42 Å². The summed E-state index contributed by atoms with van der Waals surface area (Å²) in [6.07, 6.45) is 1.43. The van der Waals surface area contributed by atoms with E-state index < -0.39 is 10.0 Å². The molecule has 2 aromatic rings. The molecule has 1 heterocycles. The summed E-state index contributed by atoms with van der Waals surface area (Å²) in [4.78, 5) is 3.88. The van der Waals surface area contributed by atoms with E-state index in [0.29, 0.717) is 5.69 Å². The highest BCUT2D eigenvalue weighted by atomic mass is 35.5. The molecule has 7 heteroatoms. The minimum Gasteiger partial charge on any atom is -0.398 e. The van der Waals surface area contributed by atoms with E-state index in [1.54, 1.807) is 18.2 Å². The Labute approximate surface area is 116 Å². The number of nitrogens with two attached hydrogens (primary N) is 1. The molecule has 0 aliphatic rings. The molecule has 0 unspecified atom stereocenters. The second-order valence-electron chi connectivity index (χ2n) is 3.95. The number of sulfonamides is 1. The highest BCUT2D eigenvalue weighted by molar-refractivity contribution is 7.93. The van der Waals surface area contributed by atoms with Gasteiger partial charge in [0.1, 0.15) is 4.90 Å². The van der Waals surface area contributed by atoms with Gasteiger partial charge in [0, 0.05) is 5.69 Å². The van der Waals surface area contributed by atoms with Crippen molar-refractivity contribution in [3.05, 3.63) is 47.2 Å². The zero-order chi connectivity index (χ0) is 14.0. The number of nitrogens with one attached hydrogen (secondary N) is 1. The summed E-state index contributed by atoms with van der Waals surface area (Å²) in [5.41, 5.74) is 6.91. The molecule has 100 valence electrons. The fraction of sp³-hybridized carbons (Fsp3) is 0.0833. The maximum absolute atomic E-state index is 12.2. The van der Waals surface area contributed by atoms with Gasteiger partial charge in [-0.1, -0.05) is 17.7 Å². The molecule has 0 aliphatic heterocycles. The van der Waals surface area contributed by atoms with Crippen molar-refractivity contribution in [1.82, 2.24) is 4.98 Å². The van der Waals surface area contributed by atoms with Crippen LogP contribution in [0.15, 0.2) is 41.4 Å². The van der Waals surface area contributed by atoms with Gasteiger partial charge in [0.25, 0.3) is 10.0 Å². The van der Waals surface area contributed by atoms with Gasteiger partial charge in [-0.3, -0.25) is 9.71 Å². The summed E-state index contributed by atoms with van der Waals surface area (Å²) < 4.78 is 26.8. The molecule has 0 amide bonds. The number of benzene rings is 1. The molecule has 0 aliphatic carbocycles. The number of pyridine rings is 1. The van der Waals surface area contributed by atoms with Crippen molar-refractivity contribution in [3.8, 4) is 0 Å². The molecule has 0 radical (unpaired) electrons. The van der Waals surface area contributed by atoms with E-state index in [0.717, 1.165) is 5.69 Å². The summed E-state index contributed by atoms with van der Waals surface area (Å²) >= 11 is 5.89. The van der Waals surface area contributed by atoms with Crippen LogP contribution in [0, 0.1) is 6.92 Å². The van der Waals surface area contributed by atoms with Gasteiger partial charge in [0.05, 0.1) is 22.6 Å². The van der Waals surface area contributed by atoms with Gasteiger partial charge >= 0.3 is 0 Å².